The first kappa shape index (κ1) is 33.7. The van der Waals surface area contributed by atoms with Crippen molar-refractivity contribution in [2.45, 2.75) is 44.3 Å². The highest BCUT2D eigenvalue weighted by Crippen LogP contribution is 2.08. The summed E-state index contributed by atoms with van der Waals surface area (Å²) in [6, 6.07) is 25.4. The van der Waals surface area contributed by atoms with Crippen molar-refractivity contribution in [2.75, 3.05) is 27.2 Å². The fraction of sp³-hybridized carbons (Fsp3) is 0.314. The van der Waals surface area contributed by atoms with E-state index in [4.69, 9.17) is 0 Å². The van der Waals surface area contributed by atoms with E-state index in [-0.39, 0.29) is 18.7 Å². The molecule has 4 amide bonds. The zero-order valence-electron chi connectivity index (χ0n) is 25.7. The number of hydrogen-bond donors (Lipinski definition) is 4. The summed E-state index contributed by atoms with van der Waals surface area (Å²) in [4.78, 5) is 54.6. The van der Waals surface area contributed by atoms with E-state index in [1.807, 2.05) is 110 Å². The van der Waals surface area contributed by atoms with E-state index in [1.54, 1.807) is 13.0 Å². The van der Waals surface area contributed by atoms with Crippen molar-refractivity contribution in [1.82, 2.24) is 26.2 Å². The van der Waals surface area contributed by atoms with Crippen LogP contribution in [-0.4, -0.2) is 73.8 Å². The second-order valence-corrected chi connectivity index (χ2v) is 10.9. The molecule has 0 heterocycles. The molecule has 3 atom stereocenters. The summed E-state index contributed by atoms with van der Waals surface area (Å²) in [5, 5.41) is 11.3. The van der Waals surface area contributed by atoms with Gasteiger partial charge in [0.05, 0.1) is 0 Å². The smallest absolute Gasteiger partial charge is 0.244 e. The monoisotopic (exact) mass is 597 g/mol. The Kier molecular flexibility index (Phi) is 13.8. The first-order valence-corrected chi connectivity index (χ1v) is 14.9. The molecule has 3 aromatic carbocycles. The van der Waals surface area contributed by atoms with Crippen molar-refractivity contribution in [2.24, 2.45) is 0 Å². The van der Waals surface area contributed by atoms with E-state index in [0.717, 1.165) is 29.7 Å². The molecule has 0 radical (unpaired) electrons. The lowest BCUT2D eigenvalue weighted by Crippen LogP contribution is -2.57. The Bertz CT molecular complexity index is 1360. The van der Waals surface area contributed by atoms with Crippen LogP contribution in [0, 0.1) is 0 Å². The van der Waals surface area contributed by atoms with Crippen molar-refractivity contribution < 1.29 is 19.2 Å². The second kappa shape index (κ2) is 18.0. The van der Waals surface area contributed by atoms with Crippen LogP contribution in [0.4, 0.5) is 0 Å². The number of carbonyl (C=O) groups excluding carboxylic acids is 4. The zero-order chi connectivity index (χ0) is 31.7. The molecule has 0 aliphatic rings. The number of rotatable bonds is 16. The summed E-state index contributed by atoms with van der Waals surface area (Å²) in [6.07, 6.45) is 4.28. The molecule has 4 N–H and O–H groups in total. The fourth-order valence-electron chi connectivity index (χ4n) is 4.48. The Balaban J connectivity index is 1.71. The molecule has 0 aliphatic carbocycles. The molecular formula is C35H43N5O4. The van der Waals surface area contributed by atoms with Gasteiger partial charge in [0.2, 0.25) is 23.6 Å². The first-order valence-electron chi connectivity index (χ1n) is 14.9. The molecule has 3 aromatic rings. The molecule has 0 saturated heterocycles. The number of carbonyl (C=O) groups is 4. The Labute approximate surface area is 260 Å². The number of benzene rings is 3. The molecule has 0 aromatic heterocycles. The first-order chi connectivity index (χ1) is 21.2. The lowest BCUT2D eigenvalue weighted by molar-refractivity contribution is -0.133. The van der Waals surface area contributed by atoms with Gasteiger partial charge < -0.3 is 26.2 Å². The van der Waals surface area contributed by atoms with Crippen molar-refractivity contribution in [3.63, 3.8) is 0 Å². The van der Waals surface area contributed by atoms with Gasteiger partial charge in [-0.15, -0.1) is 0 Å². The molecule has 0 aliphatic heterocycles. The van der Waals surface area contributed by atoms with Crippen molar-refractivity contribution in [3.05, 3.63) is 114 Å². The molecule has 9 heteroatoms. The fourth-order valence-corrected chi connectivity index (χ4v) is 4.48. The maximum absolute atomic E-state index is 13.7. The van der Waals surface area contributed by atoms with E-state index < -0.39 is 35.8 Å². The van der Waals surface area contributed by atoms with Crippen LogP contribution in [0.25, 0.3) is 6.08 Å². The molecule has 44 heavy (non-hydrogen) atoms. The molecule has 0 spiro atoms. The van der Waals surface area contributed by atoms with E-state index in [2.05, 4.69) is 21.3 Å². The van der Waals surface area contributed by atoms with Gasteiger partial charge in [0, 0.05) is 25.5 Å². The highest BCUT2D eigenvalue weighted by molar-refractivity contribution is 5.97. The topological polar surface area (TPSA) is 120 Å². The second-order valence-electron chi connectivity index (χ2n) is 10.9. The Morgan fingerprint density at radius 1 is 0.682 bits per heavy atom. The van der Waals surface area contributed by atoms with Gasteiger partial charge in [0.25, 0.3) is 0 Å². The highest BCUT2D eigenvalue weighted by Gasteiger charge is 2.28. The molecule has 0 bridgehead atoms. The van der Waals surface area contributed by atoms with Gasteiger partial charge in [0.15, 0.2) is 0 Å². The van der Waals surface area contributed by atoms with E-state index in [1.165, 1.54) is 6.08 Å². The predicted octanol–water partition coefficient (Wildman–Crippen LogP) is 2.73. The maximum Gasteiger partial charge on any atom is 0.244 e. The van der Waals surface area contributed by atoms with Gasteiger partial charge >= 0.3 is 0 Å². The van der Waals surface area contributed by atoms with Gasteiger partial charge in [-0.1, -0.05) is 91.0 Å². The van der Waals surface area contributed by atoms with Crippen LogP contribution in [0.1, 0.15) is 30.0 Å². The quantitative estimate of drug-likeness (QED) is 0.150. The van der Waals surface area contributed by atoms with Gasteiger partial charge in [-0.3, -0.25) is 19.2 Å². The number of amides is 4. The number of hydrogen-bond acceptors (Lipinski definition) is 5. The lowest BCUT2D eigenvalue weighted by Gasteiger charge is -2.25. The van der Waals surface area contributed by atoms with E-state index in [9.17, 15) is 19.2 Å². The average Bonchev–Trinajstić information content (AvgIpc) is 3.02. The summed E-state index contributed by atoms with van der Waals surface area (Å²) >= 11 is 0. The third kappa shape index (κ3) is 12.2. The molecule has 0 fully saturated rings. The van der Waals surface area contributed by atoms with E-state index in [0.29, 0.717) is 6.54 Å². The SMILES string of the molecule is CC(NC(=O)/C=C/c1ccccc1)C(=O)NC(Cc1ccccc1)C(=O)NC(Cc1ccccc1)C(=O)NCCCN(C)C. The third-order valence-corrected chi connectivity index (χ3v) is 6.89. The van der Waals surface area contributed by atoms with Crippen LogP contribution >= 0.6 is 0 Å². The maximum atomic E-state index is 13.7. The third-order valence-electron chi connectivity index (χ3n) is 6.89. The minimum Gasteiger partial charge on any atom is -0.354 e. The number of nitrogens with one attached hydrogen (secondary N) is 4. The van der Waals surface area contributed by atoms with Crippen LogP contribution in [0.3, 0.4) is 0 Å². The highest BCUT2D eigenvalue weighted by atomic mass is 16.2. The summed E-state index contributed by atoms with van der Waals surface area (Å²) in [5.74, 6) is -1.74. The lowest BCUT2D eigenvalue weighted by atomic mass is 10.0. The Hall–Kier alpha value is -4.76. The molecule has 0 saturated carbocycles. The molecular weight excluding hydrogens is 554 g/mol. The molecule has 3 rings (SSSR count). The average molecular weight is 598 g/mol. The van der Waals surface area contributed by atoms with Gasteiger partial charge in [-0.25, -0.2) is 0 Å². The van der Waals surface area contributed by atoms with Crippen LogP contribution in [0.2, 0.25) is 0 Å². The number of nitrogens with zero attached hydrogens (tertiary/aromatic N) is 1. The summed E-state index contributed by atoms with van der Waals surface area (Å²) in [5.41, 5.74) is 2.58. The van der Waals surface area contributed by atoms with Crippen molar-refractivity contribution in [1.29, 1.82) is 0 Å². The summed E-state index contributed by atoms with van der Waals surface area (Å²) < 4.78 is 0. The Morgan fingerprint density at radius 3 is 1.73 bits per heavy atom. The van der Waals surface area contributed by atoms with Crippen molar-refractivity contribution >= 4 is 29.7 Å². The minimum absolute atomic E-state index is 0.204. The zero-order valence-corrected chi connectivity index (χ0v) is 25.7. The summed E-state index contributed by atoms with van der Waals surface area (Å²) in [6.45, 7) is 2.84. The minimum atomic E-state index is -0.982. The van der Waals surface area contributed by atoms with Crippen LogP contribution < -0.4 is 21.3 Å². The predicted molar refractivity (Wildman–Crippen MR) is 173 cm³/mol. The van der Waals surface area contributed by atoms with E-state index >= 15 is 0 Å². The largest absolute Gasteiger partial charge is 0.354 e. The standard InChI is InChI=1S/C35H43N5O4/c1-26(37-32(41)21-20-27-14-7-4-8-15-27)33(42)38-31(25-29-18-11-6-12-19-29)35(44)39-30(24-28-16-9-5-10-17-28)34(43)36-22-13-23-40(2)3/h4-12,14-21,26,30-31H,13,22-25H2,1-3H3,(H,36,43)(H,37,41)(H,38,42)(H,39,44)/b21-20+. The normalized spacial score (nSPS) is 13.1. The Morgan fingerprint density at radius 2 is 1.18 bits per heavy atom. The van der Waals surface area contributed by atoms with Crippen molar-refractivity contribution in [3.8, 4) is 0 Å². The molecule has 3 unspecified atom stereocenters. The van der Waals surface area contributed by atoms with Crippen LogP contribution in [-0.2, 0) is 32.0 Å². The molecule has 232 valence electrons. The van der Waals surface area contributed by atoms with Crippen LogP contribution in [0.15, 0.2) is 97.1 Å². The molecule has 9 nitrogen and oxygen atoms in total. The summed E-state index contributed by atoms with van der Waals surface area (Å²) in [7, 11) is 3.93. The van der Waals surface area contributed by atoms with Gasteiger partial charge in [-0.05, 0) is 56.8 Å². The van der Waals surface area contributed by atoms with Gasteiger partial charge in [-0.2, -0.15) is 0 Å². The van der Waals surface area contributed by atoms with Gasteiger partial charge in [0.1, 0.15) is 18.1 Å². The van der Waals surface area contributed by atoms with Crippen LogP contribution in [0.5, 0.6) is 0 Å².